The fourth-order valence-electron chi connectivity index (χ4n) is 14.1. The summed E-state index contributed by atoms with van der Waals surface area (Å²) in [5.74, 6) is 7.23. The Labute approximate surface area is 313 Å². The Hall–Kier alpha value is -1.83. The second kappa shape index (κ2) is 14.1. The number of allylic oxidation sites excluding steroid dienone is 4. The van der Waals surface area contributed by atoms with E-state index in [0.29, 0.717) is 40.3 Å². The van der Waals surface area contributed by atoms with Gasteiger partial charge in [0, 0.05) is 49.4 Å². The van der Waals surface area contributed by atoms with E-state index < -0.39 is 5.91 Å². The summed E-state index contributed by atoms with van der Waals surface area (Å²) in [4.78, 5) is 18.8. The van der Waals surface area contributed by atoms with E-state index in [-0.39, 0.29) is 5.41 Å². The molecule has 1 amide bonds. The summed E-state index contributed by atoms with van der Waals surface area (Å²) >= 11 is 2.13. The quantitative estimate of drug-likeness (QED) is 0.267. The summed E-state index contributed by atoms with van der Waals surface area (Å²) in [6, 6.07) is 3.43. The number of primary amides is 1. The minimum absolute atomic E-state index is 0.189. The summed E-state index contributed by atoms with van der Waals surface area (Å²) in [5.41, 5.74) is 10.6. The van der Waals surface area contributed by atoms with Crippen molar-refractivity contribution in [1.29, 1.82) is 0 Å². The van der Waals surface area contributed by atoms with Crippen LogP contribution in [0.15, 0.2) is 41.6 Å². The lowest BCUT2D eigenvalue weighted by Crippen LogP contribution is -2.64. The SMILES string of the molecule is CC1(C)C(C2=CCC(COc3ncccc3C(N)=O)CC2)=CCC2(C)C1CCC1(C)C3CCC4(NCCN5CCSCC5)CCC[C@@H]4C3CCC12. The molecule has 1 aromatic rings. The number of ether oxygens (including phenoxy) is 1. The highest BCUT2D eigenvalue weighted by Crippen LogP contribution is 2.72. The molecule has 51 heavy (non-hydrogen) atoms. The number of rotatable bonds is 9. The van der Waals surface area contributed by atoms with E-state index in [4.69, 9.17) is 10.5 Å². The van der Waals surface area contributed by atoms with Crippen LogP contribution >= 0.6 is 11.8 Å². The predicted molar refractivity (Wildman–Crippen MR) is 210 cm³/mol. The molecule has 1 aliphatic heterocycles. The Kier molecular flexibility index (Phi) is 10.0. The molecule has 6 nitrogen and oxygen atoms in total. The number of nitrogens with one attached hydrogen (secondary N) is 1. The standard InChI is InChI=1S/C44H66N4O2S/c1-41(2)34(31-11-9-30(10-12-31)29-50-40-33(39(45)49)7-6-22-46-40)15-19-43(4)37(41)17-20-42(3)35-16-21-44(47-23-24-48-25-27-51-28-26-48)18-5-8-36(44)32(35)13-14-38(42)43/h6-7,11,15,22,30,32,35-38,47H,5,8-10,12-14,16-21,23-29H2,1-4H3,(H2,45,49)/t30?,32?,35?,36-,37?,38?,42?,43?,44?/m1/s1. The van der Waals surface area contributed by atoms with Gasteiger partial charge in [-0.15, -0.1) is 0 Å². The third-order valence-corrected chi connectivity index (χ3v) is 17.4. The lowest BCUT2D eigenvalue weighted by atomic mass is 9.37. The number of carbonyl (C=O) groups is 1. The molecule has 4 saturated carbocycles. The summed E-state index contributed by atoms with van der Waals surface area (Å²) in [6.45, 7) is 16.3. The topological polar surface area (TPSA) is 80.5 Å². The molecule has 0 aromatic carbocycles. The molecule has 1 aromatic heterocycles. The number of hydrogen-bond acceptors (Lipinski definition) is 6. The number of nitrogens with two attached hydrogens (primary N) is 1. The summed E-state index contributed by atoms with van der Waals surface area (Å²) < 4.78 is 6.05. The summed E-state index contributed by atoms with van der Waals surface area (Å²) in [6.07, 6.45) is 24.3. The summed E-state index contributed by atoms with van der Waals surface area (Å²) in [7, 11) is 0. The Morgan fingerprint density at radius 1 is 0.980 bits per heavy atom. The van der Waals surface area contributed by atoms with Gasteiger partial charge in [-0.1, -0.05) is 46.3 Å². The van der Waals surface area contributed by atoms with Crippen LogP contribution < -0.4 is 15.8 Å². The van der Waals surface area contributed by atoms with Crippen LogP contribution in [0.4, 0.5) is 0 Å². The molecule has 3 N–H and O–H groups in total. The average molecular weight is 715 g/mol. The number of carbonyl (C=O) groups excluding carboxylic acids is 1. The van der Waals surface area contributed by atoms with Crippen molar-refractivity contribution in [3.8, 4) is 5.88 Å². The van der Waals surface area contributed by atoms with Crippen LogP contribution in [0.2, 0.25) is 0 Å². The van der Waals surface area contributed by atoms with E-state index in [1.807, 2.05) is 0 Å². The van der Waals surface area contributed by atoms with Gasteiger partial charge in [0.1, 0.15) is 5.56 Å². The highest BCUT2D eigenvalue weighted by atomic mass is 32.2. The highest BCUT2D eigenvalue weighted by molar-refractivity contribution is 7.99. The maximum absolute atomic E-state index is 11.8. The molecule has 7 aliphatic rings. The monoisotopic (exact) mass is 714 g/mol. The van der Waals surface area contributed by atoms with Gasteiger partial charge < -0.3 is 20.7 Å². The van der Waals surface area contributed by atoms with Crippen molar-refractivity contribution >= 4 is 17.7 Å². The van der Waals surface area contributed by atoms with Gasteiger partial charge in [0.25, 0.3) is 5.91 Å². The second-order valence-electron chi connectivity index (χ2n) is 19.0. The Morgan fingerprint density at radius 2 is 1.82 bits per heavy atom. The molecular formula is C44H66N4O2S. The van der Waals surface area contributed by atoms with Crippen molar-refractivity contribution in [2.24, 2.45) is 57.5 Å². The number of nitrogens with zero attached hydrogens (tertiary/aromatic N) is 2. The number of aromatic nitrogens is 1. The maximum Gasteiger partial charge on any atom is 0.254 e. The number of fused-ring (bicyclic) bond motifs is 7. The molecule has 9 atom stereocenters. The lowest BCUT2D eigenvalue weighted by molar-refractivity contribution is -0.175. The van der Waals surface area contributed by atoms with Crippen LogP contribution in [0.3, 0.4) is 0 Å². The minimum Gasteiger partial charge on any atom is -0.477 e. The van der Waals surface area contributed by atoms with Crippen molar-refractivity contribution in [2.45, 2.75) is 117 Å². The fraction of sp³-hybridized carbons (Fsp3) is 0.773. The van der Waals surface area contributed by atoms with Crippen LogP contribution in [-0.4, -0.2) is 65.6 Å². The van der Waals surface area contributed by atoms with Gasteiger partial charge in [-0.2, -0.15) is 11.8 Å². The van der Waals surface area contributed by atoms with Crippen molar-refractivity contribution in [3.63, 3.8) is 0 Å². The van der Waals surface area contributed by atoms with Crippen LogP contribution in [0, 0.1) is 51.8 Å². The average Bonchev–Trinajstić information content (AvgIpc) is 3.56. The van der Waals surface area contributed by atoms with Gasteiger partial charge in [0.05, 0.1) is 6.61 Å². The molecule has 2 heterocycles. The smallest absolute Gasteiger partial charge is 0.254 e. The van der Waals surface area contributed by atoms with Gasteiger partial charge in [0.15, 0.2) is 0 Å². The first-order valence-corrected chi connectivity index (χ1v) is 22.0. The molecule has 280 valence electrons. The van der Waals surface area contributed by atoms with E-state index in [9.17, 15) is 4.79 Å². The molecule has 1 saturated heterocycles. The fourth-order valence-corrected chi connectivity index (χ4v) is 15.1. The van der Waals surface area contributed by atoms with E-state index in [0.717, 1.165) is 48.9 Å². The Bertz CT molecular complexity index is 1520. The zero-order valence-corrected chi connectivity index (χ0v) is 33.0. The van der Waals surface area contributed by atoms with Gasteiger partial charge in [0.2, 0.25) is 5.88 Å². The molecular weight excluding hydrogens is 649 g/mol. The number of thioether (sulfide) groups is 1. The Morgan fingerprint density at radius 3 is 2.61 bits per heavy atom. The van der Waals surface area contributed by atoms with Crippen LogP contribution in [-0.2, 0) is 0 Å². The second-order valence-corrected chi connectivity index (χ2v) is 20.2. The lowest BCUT2D eigenvalue weighted by Gasteiger charge is -2.68. The predicted octanol–water partition coefficient (Wildman–Crippen LogP) is 8.68. The number of amides is 1. The molecule has 6 aliphatic carbocycles. The van der Waals surface area contributed by atoms with Crippen molar-refractivity contribution in [1.82, 2.24) is 15.2 Å². The number of pyridine rings is 1. The maximum atomic E-state index is 11.8. The molecule has 0 radical (unpaired) electrons. The van der Waals surface area contributed by atoms with Crippen LogP contribution in [0.5, 0.6) is 5.88 Å². The van der Waals surface area contributed by atoms with Crippen LogP contribution in [0.1, 0.15) is 122 Å². The van der Waals surface area contributed by atoms with E-state index in [1.165, 1.54) is 102 Å². The largest absolute Gasteiger partial charge is 0.477 e. The molecule has 8 rings (SSSR count). The van der Waals surface area contributed by atoms with Gasteiger partial charge >= 0.3 is 0 Å². The molecule has 7 heteroatoms. The van der Waals surface area contributed by atoms with Gasteiger partial charge in [-0.05, 0) is 152 Å². The van der Waals surface area contributed by atoms with Crippen molar-refractivity contribution in [2.75, 3.05) is 44.3 Å². The zero-order valence-electron chi connectivity index (χ0n) is 32.2. The van der Waals surface area contributed by atoms with Gasteiger partial charge in [-0.25, -0.2) is 4.98 Å². The molecule has 5 fully saturated rings. The highest BCUT2D eigenvalue weighted by Gasteiger charge is 2.65. The number of hydrogen-bond donors (Lipinski definition) is 2. The normalized spacial score (nSPS) is 40.5. The zero-order chi connectivity index (χ0) is 35.4. The van der Waals surface area contributed by atoms with Crippen LogP contribution in [0.25, 0.3) is 0 Å². The molecule has 8 unspecified atom stereocenters. The first-order valence-electron chi connectivity index (χ1n) is 20.9. The Balaban J connectivity index is 0.936. The molecule has 0 spiro atoms. The summed E-state index contributed by atoms with van der Waals surface area (Å²) in [5, 5.41) is 4.30. The van der Waals surface area contributed by atoms with Crippen molar-refractivity contribution in [3.05, 3.63) is 47.2 Å². The van der Waals surface area contributed by atoms with E-state index in [1.54, 1.807) is 29.5 Å². The van der Waals surface area contributed by atoms with Gasteiger partial charge in [-0.3, -0.25) is 4.79 Å². The first-order chi connectivity index (χ1) is 24.6. The van der Waals surface area contributed by atoms with E-state index >= 15 is 0 Å². The third-order valence-electron chi connectivity index (χ3n) is 16.5. The first kappa shape index (κ1) is 36.2. The van der Waals surface area contributed by atoms with E-state index in [2.05, 4.69) is 66.8 Å². The molecule has 0 bridgehead atoms. The van der Waals surface area contributed by atoms with Crippen molar-refractivity contribution < 1.29 is 9.53 Å². The third kappa shape index (κ3) is 6.35. The minimum atomic E-state index is -0.487.